The van der Waals surface area contributed by atoms with Crippen molar-refractivity contribution in [3.63, 3.8) is 0 Å². The average molecular weight is 323 g/mol. The van der Waals surface area contributed by atoms with Crippen LogP contribution in [-0.2, 0) is 13.0 Å². The van der Waals surface area contributed by atoms with Crippen molar-refractivity contribution < 1.29 is 16.9 Å². The molecule has 4 aliphatic heterocycles. The second-order valence-corrected chi connectivity index (χ2v) is 7.78. The van der Waals surface area contributed by atoms with Crippen LogP contribution in [-0.4, -0.2) is 59.2 Å². The Hall–Kier alpha value is -0.650. The standard InChI is InChI=1S/C17H27N4.ClH/c1-15(2)7-16-3-5-17(6-4-16)8-21-12-18-9-19(13-21)11-20(10-18)14-21;/h3-6,15H,7-14H2,1-2H3;1H/q+1;/p-1. The molecule has 4 saturated heterocycles. The van der Waals surface area contributed by atoms with Crippen molar-refractivity contribution >= 4 is 0 Å². The highest BCUT2D eigenvalue weighted by molar-refractivity contribution is 5.22. The molecule has 22 heavy (non-hydrogen) atoms. The van der Waals surface area contributed by atoms with E-state index in [1.54, 1.807) is 0 Å². The van der Waals surface area contributed by atoms with E-state index in [2.05, 4.69) is 52.8 Å². The molecular weight excluding hydrogens is 296 g/mol. The quantitative estimate of drug-likeness (QED) is 0.652. The van der Waals surface area contributed by atoms with Crippen LogP contribution in [0.4, 0.5) is 0 Å². The summed E-state index contributed by atoms with van der Waals surface area (Å²) in [4.78, 5) is 7.76. The Morgan fingerprint density at radius 1 is 0.864 bits per heavy atom. The molecule has 4 aliphatic rings. The third-order valence-electron chi connectivity index (χ3n) is 4.88. The maximum absolute atomic E-state index is 2.59. The van der Waals surface area contributed by atoms with Gasteiger partial charge in [0.25, 0.3) is 0 Å². The van der Waals surface area contributed by atoms with Crippen molar-refractivity contribution in [2.24, 2.45) is 5.92 Å². The van der Waals surface area contributed by atoms with Crippen LogP contribution in [0, 0.1) is 5.92 Å². The zero-order valence-corrected chi connectivity index (χ0v) is 14.5. The highest BCUT2D eigenvalue weighted by Crippen LogP contribution is 2.30. The summed E-state index contributed by atoms with van der Waals surface area (Å²) in [6, 6.07) is 9.38. The van der Waals surface area contributed by atoms with Crippen molar-refractivity contribution in [2.75, 3.05) is 40.0 Å². The molecular formula is C17H27ClN4. The van der Waals surface area contributed by atoms with Crippen molar-refractivity contribution in [3.8, 4) is 0 Å². The predicted molar refractivity (Wildman–Crippen MR) is 83.7 cm³/mol. The average Bonchev–Trinajstić information content (AvgIpc) is 2.38. The second kappa shape index (κ2) is 6.10. The van der Waals surface area contributed by atoms with E-state index in [9.17, 15) is 0 Å². The molecule has 0 radical (unpaired) electrons. The molecule has 4 nitrogen and oxygen atoms in total. The normalized spacial score (nSPS) is 35.7. The predicted octanol–water partition coefficient (Wildman–Crippen LogP) is -1.10. The molecule has 122 valence electrons. The lowest BCUT2D eigenvalue weighted by atomic mass is 10.0. The lowest BCUT2D eigenvalue weighted by Crippen LogP contribution is -3.00. The second-order valence-electron chi connectivity index (χ2n) is 7.78. The fourth-order valence-electron chi connectivity index (χ4n) is 4.45. The zero-order chi connectivity index (χ0) is 14.4. The number of hydrogen-bond acceptors (Lipinski definition) is 3. The number of halogens is 1. The number of hydrogen-bond donors (Lipinski definition) is 0. The van der Waals surface area contributed by atoms with Crippen molar-refractivity contribution in [2.45, 2.75) is 26.8 Å². The highest BCUT2D eigenvalue weighted by Gasteiger charge is 2.48. The smallest absolute Gasteiger partial charge is 0.139 e. The molecule has 0 spiro atoms. The van der Waals surface area contributed by atoms with Gasteiger partial charge in [-0.05, 0) is 17.9 Å². The van der Waals surface area contributed by atoms with E-state index in [1.807, 2.05) is 0 Å². The van der Waals surface area contributed by atoms with E-state index < -0.39 is 0 Å². The number of quaternary nitrogens is 1. The van der Waals surface area contributed by atoms with Crippen LogP contribution in [0.1, 0.15) is 25.0 Å². The van der Waals surface area contributed by atoms with Crippen molar-refractivity contribution in [1.82, 2.24) is 14.7 Å². The monoisotopic (exact) mass is 322 g/mol. The Bertz CT molecular complexity index is 479. The van der Waals surface area contributed by atoms with Gasteiger partial charge in [0.2, 0.25) is 0 Å². The van der Waals surface area contributed by atoms with Crippen LogP contribution in [0.15, 0.2) is 24.3 Å². The first-order valence-corrected chi connectivity index (χ1v) is 8.20. The summed E-state index contributed by atoms with van der Waals surface area (Å²) < 4.78 is 1.20. The molecule has 0 N–H and O–H groups in total. The van der Waals surface area contributed by atoms with Gasteiger partial charge in [-0.25, -0.2) is 14.7 Å². The Labute approximate surface area is 140 Å². The van der Waals surface area contributed by atoms with Crippen LogP contribution in [0.2, 0.25) is 0 Å². The maximum atomic E-state index is 2.59. The minimum Gasteiger partial charge on any atom is -1.00 e. The van der Waals surface area contributed by atoms with Crippen LogP contribution in [0.25, 0.3) is 0 Å². The van der Waals surface area contributed by atoms with Gasteiger partial charge in [-0.1, -0.05) is 38.1 Å². The topological polar surface area (TPSA) is 9.72 Å². The minimum atomic E-state index is 0. The van der Waals surface area contributed by atoms with Gasteiger partial charge < -0.3 is 12.4 Å². The van der Waals surface area contributed by atoms with Gasteiger partial charge >= 0.3 is 0 Å². The lowest BCUT2D eigenvalue weighted by molar-refractivity contribution is -0.991. The molecule has 0 unspecified atom stereocenters. The minimum absolute atomic E-state index is 0. The Morgan fingerprint density at radius 2 is 1.32 bits per heavy atom. The van der Waals surface area contributed by atoms with E-state index in [0.717, 1.165) is 5.92 Å². The third-order valence-corrected chi connectivity index (χ3v) is 4.88. The number of rotatable bonds is 4. The van der Waals surface area contributed by atoms with Gasteiger partial charge in [0, 0.05) is 5.56 Å². The molecule has 0 aliphatic carbocycles. The number of nitrogens with zero attached hydrogens (tertiary/aromatic N) is 4. The summed E-state index contributed by atoms with van der Waals surface area (Å²) in [7, 11) is 0. The molecule has 5 rings (SSSR count). The molecule has 1 aromatic rings. The fraction of sp³-hybridized carbons (Fsp3) is 0.647. The molecule has 4 bridgehead atoms. The molecule has 0 aromatic heterocycles. The SMILES string of the molecule is CC(C)Cc1ccc(C[N+]23CN4CN(CN(C4)C2)C3)cc1.[Cl-]. The summed E-state index contributed by atoms with van der Waals surface area (Å²) >= 11 is 0. The van der Waals surface area contributed by atoms with E-state index in [4.69, 9.17) is 0 Å². The third kappa shape index (κ3) is 3.17. The van der Waals surface area contributed by atoms with Crippen LogP contribution >= 0.6 is 0 Å². The molecule has 4 heterocycles. The van der Waals surface area contributed by atoms with Crippen LogP contribution < -0.4 is 12.4 Å². The van der Waals surface area contributed by atoms with Gasteiger partial charge in [0.1, 0.15) is 26.6 Å². The Kier molecular flexibility index (Phi) is 4.49. The van der Waals surface area contributed by atoms with Gasteiger partial charge in [-0.3, -0.25) is 4.48 Å². The van der Waals surface area contributed by atoms with Crippen molar-refractivity contribution in [1.29, 1.82) is 0 Å². The zero-order valence-electron chi connectivity index (χ0n) is 13.7. The molecule has 4 fully saturated rings. The van der Waals surface area contributed by atoms with Crippen molar-refractivity contribution in [3.05, 3.63) is 35.4 Å². The van der Waals surface area contributed by atoms with E-state index >= 15 is 0 Å². The largest absolute Gasteiger partial charge is 1.00 e. The van der Waals surface area contributed by atoms with E-state index in [1.165, 1.54) is 68.6 Å². The molecule has 0 amide bonds. The number of benzene rings is 1. The van der Waals surface area contributed by atoms with Crippen LogP contribution in [0.3, 0.4) is 0 Å². The van der Waals surface area contributed by atoms with Gasteiger partial charge in [0.05, 0.1) is 20.0 Å². The molecule has 1 aromatic carbocycles. The highest BCUT2D eigenvalue weighted by atomic mass is 35.5. The summed E-state index contributed by atoms with van der Waals surface area (Å²) in [6.07, 6.45) is 1.19. The summed E-state index contributed by atoms with van der Waals surface area (Å²) in [5, 5.41) is 0. The van der Waals surface area contributed by atoms with Gasteiger partial charge in [-0.15, -0.1) is 0 Å². The first-order chi connectivity index (χ1) is 10.1. The van der Waals surface area contributed by atoms with Gasteiger partial charge in [0.15, 0.2) is 0 Å². The Balaban J connectivity index is 0.00000144. The summed E-state index contributed by atoms with van der Waals surface area (Å²) in [5.41, 5.74) is 2.97. The maximum Gasteiger partial charge on any atom is 0.139 e. The molecule has 0 saturated carbocycles. The fourth-order valence-corrected chi connectivity index (χ4v) is 4.45. The summed E-state index contributed by atoms with van der Waals surface area (Å²) in [5.74, 6) is 0.739. The first kappa shape index (κ1) is 16.2. The van der Waals surface area contributed by atoms with Gasteiger partial charge in [-0.2, -0.15) is 0 Å². The van der Waals surface area contributed by atoms with E-state index in [-0.39, 0.29) is 12.4 Å². The van der Waals surface area contributed by atoms with Crippen LogP contribution in [0.5, 0.6) is 0 Å². The summed E-state index contributed by atoms with van der Waals surface area (Å²) in [6.45, 7) is 12.9. The Morgan fingerprint density at radius 3 is 1.77 bits per heavy atom. The lowest BCUT2D eigenvalue weighted by Gasteiger charge is -2.60. The molecule has 5 heteroatoms. The molecule has 0 atom stereocenters. The first-order valence-electron chi connectivity index (χ1n) is 8.20. The van der Waals surface area contributed by atoms with E-state index in [0.29, 0.717) is 0 Å².